The van der Waals surface area contributed by atoms with Crippen LogP contribution in [0.15, 0.2) is 12.2 Å². The second kappa shape index (κ2) is 5.24. The summed E-state index contributed by atoms with van der Waals surface area (Å²) in [7, 11) is 1.23. The minimum absolute atomic E-state index is 0.0576. The number of hydrazine groups is 1. The Bertz CT molecular complexity index is 475. The number of fused-ring (bicyclic) bond motifs is 1. The molecule has 1 N–H and O–H groups in total. The van der Waals surface area contributed by atoms with Gasteiger partial charge in [-0.15, -0.1) is 0 Å². The van der Waals surface area contributed by atoms with Gasteiger partial charge in [0.25, 0.3) is 11.8 Å². The molecule has 0 aromatic carbocycles. The molecule has 0 aromatic rings. The first-order chi connectivity index (χ1) is 9.53. The SMILES string of the molecule is CCC1(CCO)C(=O)N2CC=CC(C(=O)OC)N2C1=O. The highest BCUT2D eigenvalue weighted by molar-refractivity contribution is 6.11. The number of aliphatic hydroxyl groups excluding tert-OH is 1. The predicted octanol–water partition coefficient (Wildman–Crippen LogP) is -0.538. The fraction of sp³-hybridized carbons (Fsp3) is 0.615. The van der Waals surface area contributed by atoms with E-state index in [4.69, 9.17) is 5.11 Å². The Kier molecular flexibility index (Phi) is 3.80. The molecule has 7 nitrogen and oxygen atoms in total. The van der Waals surface area contributed by atoms with E-state index in [1.807, 2.05) is 0 Å². The van der Waals surface area contributed by atoms with E-state index >= 15 is 0 Å². The van der Waals surface area contributed by atoms with Crippen LogP contribution in [0.3, 0.4) is 0 Å². The van der Waals surface area contributed by atoms with Crippen LogP contribution in [0.1, 0.15) is 19.8 Å². The molecule has 7 heteroatoms. The van der Waals surface area contributed by atoms with Crippen LogP contribution in [0, 0.1) is 5.41 Å². The molecule has 0 saturated carbocycles. The van der Waals surface area contributed by atoms with E-state index < -0.39 is 23.3 Å². The van der Waals surface area contributed by atoms with Crippen molar-refractivity contribution < 1.29 is 24.2 Å². The molecule has 2 amide bonds. The van der Waals surface area contributed by atoms with Gasteiger partial charge in [-0.25, -0.2) is 14.8 Å². The first-order valence-electron chi connectivity index (χ1n) is 6.54. The summed E-state index contributed by atoms with van der Waals surface area (Å²) in [5.74, 6) is -1.40. The van der Waals surface area contributed by atoms with Gasteiger partial charge < -0.3 is 9.84 Å². The van der Waals surface area contributed by atoms with Gasteiger partial charge in [0.15, 0.2) is 6.04 Å². The van der Waals surface area contributed by atoms with Gasteiger partial charge in [0.1, 0.15) is 5.41 Å². The number of carbonyl (C=O) groups excluding carboxylic acids is 3. The molecule has 2 atom stereocenters. The van der Waals surface area contributed by atoms with Crippen molar-refractivity contribution in [3.05, 3.63) is 12.2 Å². The zero-order chi connectivity index (χ0) is 14.9. The molecule has 2 rings (SSSR count). The molecule has 110 valence electrons. The number of nitrogens with zero attached hydrogens (tertiary/aromatic N) is 2. The van der Waals surface area contributed by atoms with Crippen molar-refractivity contribution in [2.75, 3.05) is 20.3 Å². The molecule has 2 aliphatic heterocycles. The number of aliphatic hydroxyl groups is 1. The number of esters is 1. The van der Waals surface area contributed by atoms with Gasteiger partial charge in [0.05, 0.1) is 13.7 Å². The van der Waals surface area contributed by atoms with Crippen LogP contribution in [-0.2, 0) is 19.1 Å². The van der Waals surface area contributed by atoms with Crippen molar-refractivity contribution in [1.29, 1.82) is 0 Å². The lowest BCUT2D eigenvalue weighted by molar-refractivity contribution is -0.163. The van der Waals surface area contributed by atoms with Crippen LogP contribution in [0.4, 0.5) is 0 Å². The number of ether oxygens (including phenoxy) is 1. The van der Waals surface area contributed by atoms with Gasteiger partial charge in [0.2, 0.25) is 0 Å². The minimum atomic E-state index is -1.27. The average Bonchev–Trinajstić information content (AvgIpc) is 2.69. The molecule has 0 aliphatic carbocycles. The molecule has 2 unspecified atom stereocenters. The third-order valence-corrected chi connectivity index (χ3v) is 3.97. The minimum Gasteiger partial charge on any atom is -0.467 e. The highest BCUT2D eigenvalue weighted by Crippen LogP contribution is 2.40. The summed E-state index contributed by atoms with van der Waals surface area (Å²) < 4.78 is 4.67. The maximum Gasteiger partial charge on any atom is 0.334 e. The fourth-order valence-corrected chi connectivity index (χ4v) is 2.77. The Morgan fingerprint density at radius 1 is 1.50 bits per heavy atom. The molecule has 0 spiro atoms. The number of rotatable bonds is 4. The number of amides is 2. The van der Waals surface area contributed by atoms with E-state index in [1.165, 1.54) is 12.1 Å². The zero-order valence-electron chi connectivity index (χ0n) is 11.5. The first kappa shape index (κ1) is 14.5. The lowest BCUT2D eigenvalue weighted by Crippen LogP contribution is -2.52. The van der Waals surface area contributed by atoms with Gasteiger partial charge in [-0.3, -0.25) is 9.59 Å². The number of hydrogen-bond acceptors (Lipinski definition) is 5. The standard InChI is InChI=1S/C13H18N2O5/c1-3-13(6-8-16)11(18)14-7-4-5-9(10(17)20-2)15(14)12(13)19/h4-5,9,16H,3,6-8H2,1-2H3. The molecule has 2 aliphatic rings. The van der Waals surface area contributed by atoms with Gasteiger partial charge in [-0.1, -0.05) is 19.1 Å². The molecule has 20 heavy (non-hydrogen) atoms. The van der Waals surface area contributed by atoms with Crippen LogP contribution < -0.4 is 0 Å². The third-order valence-electron chi connectivity index (χ3n) is 3.97. The second-order valence-corrected chi connectivity index (χ2v) is 4.84. The lowest BCUT2D eigenvalue weighted by atomic mass is 9.81. The Hall–Kier alpha value is -1.89. The first-order valence-corrected chi connectivity index (χ1v) is 6.54. The molecule has 1 saturated heterocycles. The highest BCUT2D eigenvalue weighted by atomic mass is 16.5. The van der Waals surface area contributed by atoms with E-state index in [0.29, 0.717) is 0 Å². The summed E-state index contributed by atoms with van der Waals surface area (Å²) in [5, 5.41) is 11.6. The van der Waals surface area contributed by atoms with Crippen molar-refractivity contribution in [3.63, 3.8) is 0 Å². The molecule has 1 fully saturated rings. The third kappa shape index (κ3) is 1.81. The van der Waals surface area contributed by atoms with Crippen LogP contribution >= 0.6 is 0 Å². The van der Waals surface area contributed by atoms with E-state index in [0.717, 1.165) is 5.01 Å². The van der Waals surface area contributed by atoms with Crippen LogP contribution in [0.5, 0.6) is 0 Å². The summed E-state index contributed by atoms with van der Waals surface area (Å²) in [5.41, 5.74) is -1.27. The highest BCUT2D eigenvalue weighted by Gasteiger charge is 2.59. The van der Waals surface area contributed by atoms with Crippen molar-refractivity contribution >= 4 is 17.8 Å². The maximum atomic E-state index is 12.6. The van der Waals surface area contributed by atoms with Crippen LogP contribution in [-0.4, -0.2) is 59.2 Å². The predicted molar refractivity (Wildman–Crippen MR) is 67.9 cm³/mol. The monoisotopic (exact) mass is 282 g/mol. The Morgan fingerprint density at radius 2 is 2.20 bits per heavy atom. The largest absolute Gasteiger partial charge is 0.467 e. The smallest absolute Gasteiger partial charge is 0.334 e. The quantitative estimate of drug-likeness (QED) is 0.425. The van der Waals surface area contributed by atoms with Crippen molar-refractivity contribution in [3.8, 4) is 0 Å². The van der Waals surface area contributed by atoms with Crippen molar-refractivity contribution in [2.24, 2.45) is 5.41 Å². The Labute approximate surface area is 116 Å². The van der Waals surface area contributed by atoms with Crippen molar-refractivity contribution in [1.82, 2.24) is 10.0 Å². The van der Waals surface area contributed by atoms with E-state index in [2.05, 4.69) is 4.74 Å². The van der Waals surface area contributed by atoms with Crippen molar-refractivity contribution in [2.45, 2.75) is 25.8 Å². The van der Waals surface area contributed by atoms with Crippen LogP contribution in [0.2, 0.25) is 0 Å². The topological polar surface area (TPSA) is 87.2 Å². The molecular formula is C13H18N2O5. The molecule has 0 bridgehead atoms. The van der Waals surface area contributed by atoms with Gasteiger partial charge in [-0.05, 0) is 12.8 Å². The summed E-state index contributed by atoms with van der Waals surface area (Å²) in [4.78, 5) is 36.9. The summed E-state index contributed by atoms with van der Waals surface area (Å²) in [6, 6.07) is -0.919. The summed E-state index contributed by atoms with van der Waals surface area (Å²) >= 11 is 0. The van der Waals surface area contributed by atoms with E-state index in [-0.39, 0.29) is 31.9 Å². The summed E-state index contributed by atoms with van der Waals surface area (Å²) in [6.45, 7) is 1.71. The van der Waals surface area contributed by atoms with Gasteiger partial charge in [0, 0.05) is 6.61 Å². The fourth-order valence-electron chi connectivity index (χ4n) is 2.77. The molecular weight excluding hydrogens is 264 g/mol. The molecule has 0 aromatic heterocycles. The zero-order valence-corrected chi connectivity index (χ0v) is 11.5. The van der Waals surface area contributed by atoms with E-state index in [1.54, 1.807) is 19.1 Å². The Balaban J connectivity index is 2.42. The molecule has 0 radical (unpaired) electrons. The molecule has 2 heterocycles. The van der Waals surface area contributed by atoms with E-state index in [9.17, 15) is 14.4 Å². The summed E-state index contributed by atoms with van der Waals surface area (Å²) in [6.07, 6.45) is 3.56. The maximum absolute atomic E-state index is 12.6. The Morgan fingerprint density at radius 3 is 2.75 bits per heavy atom. The number of carbonyl (C=O) groups is 3. The number of hydrogen-bond donors (Lipinski definition) is 1. The van der Waals surface area contributed by atoms with Gasteiger partial charge in [-0.2, -0.15) is 0 Å². The number of methoxy groups -OCH3 is 1. The van der Waals surface area contributed by atoms with Crippen LogP contribution in [0.25, 0.3) is 0 Å². The second-order valence-electron chi connectivity index (χ2n) is 4.84. The normalized spacial score (nSPS) is 28.9. The average molecular weight is 282 g/mol. The lowest BCUT2D eigenvalue weighted by Gasteiger charge is -2.33. The van der Waals surface area contributed by atoms with Gasteiger partial charge >= 0.3 is 5.97 Å².